The van der Waals surface area contributed by atoms with Crippen LogP contribution in [0, 0.1) is 11.3 Å². The van der Waals surface area contributed by atoms with Gasteiger partial charge in [-0.3, -0.25) is 0 Å². The van der Waals surface area contributed by atoms with Crippen molar-refractivity contribution in [3.63, 3.8) is 0 Å². The van der Waals surface area contributed by atoms with Crippen molar-refractivity contribution in [1.82, 2.24) is 0 Å². The minimum atomic E-state index is -4.53. The van der Waals surface area contributed by atoms with Crippen LogP contribution in [-0.2, 0) is 10.9 Å². The molecule has 18 heavy (non-hydrogen) atoms. The van der Waals surface area contributed by atoms with E-state index in [1.807, 2.05) is 6.92 Å². The zero-order chi connectivity index (χ0) is 13.4. The molecule has 1 aliphatic rings. The first-order chi connectivity index (χ1) is 8.34. The predicted octanol–water partition coefficient (Wildman–Crippen LogP) is 2.78. The summed E-state index contributed by atoms with van der Waals surface area (Å²) in [5.41, 5.74) is -1.25. The summed E-state index contributed by atoms with van der Waals surface area (Å²) in [6, 6.07) is 5.12. The molecule has 1 unspecified atom stereocenters. The summed E-state index contributed by atoms with van der Waals surface area (Å²) in [4.78, 5) is 0. The van der Waals surface area contributed by atoms with Crippen molar-refractivity contribution >= 4 is 5.69 Å². The first-order valence-corrected chi connectivity index (χ1v) is 5.33. The first kappa shape index (κ1) is 12.7. The number of ether oxygens (including phenoxy) is 1. The van der Waals surface area contributed by atoms with E-state index in [1.54, 1.807) is 6.07 Å². The highest BCUT2D eigenvalue weighted by Crippen LogP contribution is 2.34. The number of anilines is 1. The highest BCUT2D eigenvalue weighted by atomic mass is 19.4. The van der Waals surface area contributed by atoms with E-state index in [4.69, 9.17) is 10.00 Å². The Balaban J connectivity index is 2.20. The van der Waals surface area contributed by atoms with Crippen molar-refractivity contribution in [3.8, 4) is 6.07 Å². The van der Waals surface area contributed by atoms with Crippen LogP contribution in [-0.4, -0.2) is 18.8 Å². The standard InChI is InChI=1S/C12H11F3N2O/c1-11(7-18-11)6-17-9-3-2-8(5-16)10(4-9)12(13,14)15/h2-4,17H,6-7H2,1H3. The van der Waals surface area contributed by atoms with E-state index in [9.17, 15) is 13.2 Å². The largest absolute Gasteiger partial charge is 0.417 e. The third-order valence-corrected chi connectivity index (χ3v) is 2.75. The van der Waals surface area contributed by atoms with Crippen LogP contribution in [0.5, 0.6) is 0 Å². The number of benzene rings is 1. The molecule has 96 valence electrons. The maximum atomic E-state index is 12.7. The minimum Gasteiger partial charge on any atom is -0.382 e. The Morgan fingerprint density at radius 2 is 2.17 bits per heavy atom. The van der Waals surface area contributed by atoms with Crippen LogP contribution in [0.15, 0.2) is 18.2 Å². The number of epoxide rings is 1. The Morgan fingerprint density at radius 3 is 2.67 bits per heavy atom. The Labute approximate surface area is 102 Å². The van der Waals surface area contributed by atoms with Crippen LogP contribution in [0.1, 0.15) is 18.1 Å². The molecular formula is C12H11F3N2O. The molecule has 0 aliphatic carbocycles. The summed E-state index contributed by atoms with van der Waals surface area (Å²) in [5.74, 6) is 0. The lowest BCUT2D eigenvalue weighted by Crippen LogP contribution is -2.19. The molecule has 0 bridgehead atoms. The molecule has 1 aromatic carbocycles. The number of hydrogen-bond acceptors (Lipinski definition) is 3. The molecule has 0 radical (unpaired) electrons. The lowest BCUT2D eigenvalue weighted by atomic mass is 10.1. The number of hydrogen-bond donors (Lipinski definition) is 1. The van der Waals surface area contributed by atoms with Gasteiger partial charge in [0.25, 0.3) is 0 Å². The molecule has 2 rings (SSSR count). The number of nitrogens with one attached hydrogen (secondary N) is 1. The summed E-state index contributed by atoms with van der Waals surface area (Å²) >= 11 is 0. The average Bonchev–Trinajstić information content (AvgIpc) is 3.04. The second-order valence-corrected chi connectivity index (χ2v) is 4.46. The van der Waals surface area contributed by atoms with Gasteiger partial charge in [-0.1, -0.05) is 0 Å². The number of nitrogens with zero attached hydrogens (tertiary/aromatic N) is 1. The van der Waals surface area contributed by atoms with Gasteiger partial charge in [-0.25, -0.2) is 0 Å². The van der Waals surface area contributed by atoms with Gasteiger partial charge in [0.1, 0.15) is 5.60 Å². The molecule has 1 saturated heterocycles. The number of halogens is 3. The van der Waals surface area contributed by atoms with Gasteiger partial charge in [0.2, 0.25) is 0 Å². The van der Waals surface area contributed by atoms with Gasteiger partial charge in [0.05, 0.1) is 23.8 Å². The Morgan fingerprint density at radius 1 is 1.50 bits per heavy atom. The fourth-order valence-electron chi connectivity index (χ4n) is 1.50. The molecule has 1 fully saturated rings. The molecule has 1 atom stereocenters. The van der Waals surface area contributed by atoms with Gasteiger partial charge in [-0.05, 0) is 25.1 Å². The first-order valence-electron chi connectivity index (χ1n) is 5.33. The molecule has 6 heteroatoms. The van der Waals surface area contributed by atoms with Crippen molar-refractivity contribution in [2.75, 3.05) is 18.5 Å². The van der Waals surface area contributed by atoms with E-state index in [2.05, 4.69) is 5.32 Å². The average molecular weight is 256 g/mol. The fourth-order valence-corrected chi connectivity index (χ4v) is 1.50. The third-order valence-electron chi connectivity index (χ3n) is 2.75. The van der Waals surface area contributed by atoms with Gasteiger partial charge < -0.3 is 10.1 Å². The maximum Gasteiger partial charge on any atom is 0.417 e. The summed E-state index contributed by atoms with van der Waals surface area (Å²) < 4.78 is 43.2. The number of rotatable bonds is 3. The second-order valence-electron chi connectivity index (χ2n) is 4.46. The van der Waals surface area contributed by atoms with E-state index in [0.29, 0.717) is 18.8 Å². The van der Waals surface area contributed by atoms with Crippen LogP contribution < -0.4 is 5.32 Å². The molecule has 0 amide bonds. The van der Waals surface area contributed by atoms with Crippen molar-refractivity contribution in [2.45, 2.75) is 18.7 Å². The molecular weight excluding hydrogens is 245 g/mol. The second kappa shape index (κ2) is 4.18. The monoisotopic (exact) mass is 256 g/mol. The molecule has 1 heterocycles. The Bertz CT molecular complexity index is 501. The van der Waals surface area contributed by atoms with E-state index >= 15 is 0 Å². The molecule has 0 aromatic heterocycles. The minimum absolute atomic E-state index is 0.285. The number of nitriles is 1. The van der Waals surface area contributed by atoms with E-state index in [1.165, 1.54) is 12.1 Å². The van der Waals surface area contributed by atoms with Crippen molar-refractivity contribution in [1.29, 1.82) is 5.26 Å². The van der Waals surface area contributed by atoms with Crippen molar-refractivity contribution in [2.24, 2.45) is 0 Å². The van der Waals surface area contributed by atoms with Crippen molar-refractivity contribution in [3.05, 3.63) is 29.3 Å². The molecule has 0 spiro atoms. The highest BCUT2D eigenvalue weighted by molar-refractivity contribution is 5.53. The van der Waals surface area contributed by atoms with Crippen LogP contribution in [0.25, 0.3) is 0 Å². The lowest BCUT2D eigenvalue weighted by molar-refractivity contribution is -0.137. The Kier molecular flexibility index (Phi) is 2.95. The van der Waals surface area contributed by atoms with Crippen molar-refractivity contribution < 1.29 is 17.9 Å². The molecule has 3 nitrogen and oxygen atoms in total. The molecule has 1 aliphatic heterocycles. The van der Waals surface area contributed by atoms with Crippen LogP contribution in [0.2, 0.25) is 0 Å². The maximum absolute atomic E-state index is 12.7. The SMILES string of the molecule is CC1(CNc2ccc(C#N)c(C(F)(F)F)c2)CO1. The van der Waals surface area contributed by atoms with E-state index in [0.717, 1.165) is 6.07 Å². The van der Waals surface area contributed by atoms with E-state index < -0.39 is 11.7 Å². The summed E-state index contributed by atoms with van der Waals surface area (Å²) in [5, 5.41) is 11.5. The summed E-state index contributed by atoms with van der Waals surface area (Å²) in [7, 11) is 0. The van der Waals surface area contributed by atoms with Gasteiger partial charge in [0, 0.05) is 12.2 Å². The van der Waals surface area contributed by atoms with Crippen LogP contribution >= 0.6 is 0 Å². The van der Waals surface area contributed by atoms with Gasteiger partial charge in [-0.15, -0.1) is 0 Å². The smallest absolute Gasteiger partial charge is 0.382 e. The van der Waals surface area contributed by atoms with E-state index in [-0.39, 0.29) is 11.2 Å². The van der Waals surface area contributed by atoms with Crippen LogP contribution in [0.3, 0.4) is 0 Å². The fraction of sp³-hybridized carbons (Fsp3) is 0.417. The van der Waals surface area contributed by atoms with Gasteiger partial charge >= 0.3 is 6.18 Å². The lowest BCUT2D eigenvalue weighted by Gasteiger charge is -2.13. The van der Waals surface area contributed by atoms with Gasteiger partial charge in [-0.2, -0.15) is 18.4 Å². The van der Waals surface area contributed by atoms with Gasteiger partial charge in [0.15, 0.2) is 0 Å². The normalized spacial score (nSPS) is 22.4. The molecule has 1 aromatic rings. The zero-order valence-corrected chi connectivity index (χ0v) is 9.64. The topological polar surface area (TPSA) is 48.4 Å². The quantitative estimate of drug-likeness (QED) is 0.846. The number of alkyl halides is 3. The predicted molar refractivity (Wildman–Crippen MR) is 59.0 cm³/mol. The zero-order valence-electron chi connectivity index (χ0n) is 9.64. The molecule has 1 N–H and O–H groups in total. The molecule has 0 saturated carbocycles. The summed E-state index contributed by atoms with van der Waals surface area (Å²) in [6.07, 6.45) is -4.53. The Hall–Kier alpha value is -1.74. The summed E-state index contributed by atoms with van der Waals surface area (Å²) in [6.45, 7) is 2.91. The van der Waals surface area contributed by atoms with Crippen LogP contribution in [0.4, 0.5) is 18.9 Å². The third kappa shape index (κ3) is 2.74. The highest BCUT2D eigenvalue weighted by Gasteiger charge is 2.39.